The third-order valence-electron chi connectivity index (χ3n) is 10.3. The van der Waals surface area contributed by atoms with E-state index in [0.29, 0.717) is 0 Å². The van der Waals surface area contributed by atoms with Gasteiger partial charge in [-0.25, -0.2) is 0 Å². The third kappa shape index (κ3) is 6.70. The maximum absolute atomic E-state index is 6.83. The molecule has 2 unspecified atom stereocenters. The van der Waals surface area contributed by atoms with Gasteiger partial charge in [0.05, 0.1) is 6.17 Å². The number of benzene rings is 9. The minimum Gasteiger partial charge on any atom is -0.312 e. The zero-order chi connectivity index (χ0) is 36.3. The fourth-order valence-corrected chi connectivity index (χ4v) is 7.58. The van der Waals surface area contributed by atoms with E-state index in [9.17, 15) is 0 Å². The number of aliphatic imine (C=N–C) groups is 1. The summed E-state index contributed by atoms with van der Waals surface area (Å²) >= 11 is 0. The summed E-state index contributed by atoms with van der Waals surface area (Å²) in [6.45, 7) is 0. The molecule has 3 heteroatoms. The molecule has 0 aliphatic heterocycles. The van der Waals surface area contributed by atoms with Gasteiger partial charge in [-0.05, 0) is 107 Å². The summed E-state index contributed by atoms with van der Waals surface area (Å²) in [6.07, 6.45) is 1.12. The van der Waals surface area contributed by atoms with Crippen LogP contribution in [0.1, 0.15) is 29.0 Å². The predicted octanol–water partition coefficient (Wildman–Crippen LogP) is 12.5. The fourth-order valence-electron chi connectivity index (χ4n) is 7.58. The van der Waals surface area contributed by atoms with Gasteiger partial charge in [-0.15, -0.1) is 0 Å². The number of hydrogen-bond acceptors (Lipinski definition) is 3. The van der Waals surface area contributed by atoms with Crippen molar-refractivity contribution in [3.8, 4) is 33.4 Å². The molecule has 0 heterocycles. The summed E-state index contributed by atoms with van der Waals surface area (Å²) in [7, 11) is 0. The highest BCUT2D eigenvalue weighted by molar-refractivity contribution is 6.20. The van der Waals surface area contributed by atoms with E-state index in [1.807, 2.05) is 36.5 Å². The van der Waals surface area contributed by atoms with Crippen LogP contribution in [0.4, 0.5) is 0 Å². The summed E-state index contributed by atoms with van der Waals surface area (Å²) < 4.78 is 0. The number of hydrogen-bond donors (Lipinski definition) is 2. The largest absolute Gasteiger partial charge is 0.312 e. The third-order valence-corrected chi connectivity index (χ3v) is 10.3. The van der Waals surface area contributed by atoms with Gasteiger partial charge in [0.2, 0.25) is 0 Å². The number of nitrogens with two attached hydrogens (primary N) is 1. The Bertz CT molecular complexity index is 2680. The van der Waals surface area contributed by atoms with Gasteiger partial charge in [0.25, 0.3) is 0 Å². The molecule has 0 aliphatic rings. The first-order valence-corrected chi connectivity index (χ1v) is 18.5. The van der Waals surface area contributed by atoms with Crippen LogP contribution < -0.4 is 11.1 Å². The van der Waals surface area contributed by atoms with Crippen molar-refractivity contribution in [3.05, 3.63) is 217 Å². The van der Waals surface area contributed by atoms with E-state index in [-0.39, 0.29) is 0 Å². The number of nitrogens with zero attached hydrogens (tertiary/aromatic N) is 1. The topological polar surface area (TPSA) is 50.4 Å². The van der Waals surface area contributed by atoms with Gasteiger partial charge in [0.1, 0.15) is 6.17 Å². The Hall–Kier alpha value is -6.65. The van der Waals surface area contributed by atoms with Crippen molar-refractivity contribution in [2.75, 3.05) is 0 Å². The van der Waals surface area contributed by atoms with Gasteiger partial charge >= 0.3 is 0 Å². The average molecular weight is 694 g/mol. The summed E-state index contributed by atoms with van der Waals surface area (Å²) in [5, 5.41) is 11.2. The van der Waals surface area contributed by atoms with Gasteiger partial charge in [0, 0.05) is 6.21 Å². The molecule has 0 amide bonds. The monoisotopic (exact) mass is 693 g/mol. The van der Waals surface area contributed by atoms with Gasteiger partial charge in [-0.2, -0.15) is 0 Å². The molecule has 0 aliphatic carbocycles. The van der Waals surface area contributed by atoms with Gasteiger partial charge in [-0.3, -0.25) is 10.3 Å². The second-order valence-electron chi connectivity index (χ2n) is 13.8. The Morgan fingerprint density at radius 1 is 0.407 bits per heavy atom. The van der Waals surface area contributed by atoms with Crippen LogP contribution >= 0.6 is 0 Å². The van der Waals surface area contributed by atoms with E-state index < -0.39 is 12.3 Å². The average Bonchev–Trinajstić information content (AvgIpc) is 3.25. The molecule has 3 nitrogen and oxygen atoms in total. The van der Waals surface area contributed by atoms with Crippen LogP contribution in [0.2, 0.25) is 0 Å². The standard InChI is InChI=1S/C51H39N3/c52-50(40-19-8-3-9-20-40)54-51(44-31-42(36-14-4-1-5-15-36)30-43(32-44)37-16-6-2-7-17-37)53-34-35-24-26-39(27-25-35)49-46-23-13-11-21-41(46)33-48-45-22-12-10-18-38(45)28-29-47(48)49/h1-34,50-51,54H,52H2. The van der Waals surface area contributed by atoms with E-state index in [0.717, 1.165) is 38.9 Å². The molecule has 0 fully saturated rings. The molecular formula is C51H39N3. The van der Waals surface area contributed by atoms with Gasteiger partial charge in [-0.1, -0.05) is 176 Å². The molecule has 9 aromatic carbocycles. The normalized spacial score (nSPS) is 12.8. The van der Waals surface area contributed by atoms with Gasteiger partial charge < -0.3 is 5.73 Å². The van der Waals surface area contributed by atoms with Crippen molar-refractivity contribution in [1.82, 2.24) is 5.32 Å². The SMILES string of the molecule is NC(NC(N=Cc1ccc(-c2c3ccccc3cc3c2ccc2ccccc23)cc1)c1cc(-c2ccccc2)cc(-c2ccccc2)c1)c1ccccc1. The number of rotatable bonds is 9. The minimum atomic E-state index is -0.424. The van der Waals surface area contributed by atoms with Gasteiger partial charge in [0.15, 0.2) is 0 Å². The van der Waals surface area contributed by atoms with E-state index in [4.69, 9.17) is 10.7 Å². The van der Waals surface area contributed by atoms with E-state index in [2.05, 4.69) is 175 Å². The summed E-state index contributed by atoms with van der Waals surface area (Å²) in [5.74, 6) is 0. The molecule has 9 rings (SSSR count). The molecule has 0 spiro atoms. The van der Waals surface area contributed by atoms with Crippen molar-refractivity contribution in [1.29, 1.82) is 0 Å². The minimum absolute atomic E-state index is 0.415. The highest BCUT2D eigenvalue weighted by Gasteiger charge is 2.18. The molecule has 0 aromatic heterocycles. The summed E-state index contributed by atoms with van der Waals surface area (Å²) in [6, 6.07) is 70.8. The highest BCUT2D eigenvalue weighted by atomic mass is 15.1. The zero-order valence-electron chi connectivity index (χ0n) is 29.8. The Kier molecular flexibility index (Phi) is 9.08. The van der Waals surface area contributed by atoms with Crippen LogP contribution in [-0.4, -0.2) is 6.21 Å². The van der Waals surface area contributed by atoms with Crippen LogP contribution in [0.5, 0.6) is 0 Å². The summed E-state index contributed by atoms with van der Waals surface area (Å²) in [4.78, 5) is 5.22. The molecule has 0 bridgehead atoms. The van der Waals surface area contributed by atoms with Crippen LogP contribution in [0.3, 0.4) is 0 Å². The molecule has 3 N–H and O–H groups in total. The molecule has 258 valence electrons. The van der Waals surface area contributed by atoms with Crippen LogP contribution in [0.15, 0.2) is 205 Å². The number of nitrogens with one attached hydrogen (secondary N) is 1. The first kappa shape index (κ1) is 33.2. The molecule has 0 saturated carbocycles. The highest BCUT2D eigenvalue weighted by Crippen LogP contribution is 2.39. The molecule has 2 atom stereocenters. The van der Waals surface area contributed by atoms with Crippen molar-refractivity contribution in [2.45, 2.75) is 12.3 Å². The Morgan fingerprint density at radius 2 is 0.981 bits per heavy atom. The first-order chi connectivity index (χ1) is 26.7. The summed E-state index contributed by atoms with van der Waals surface area (Å²) in [5.41, 5.74) is 16.8. The van der Waals surface area contributed by atoms with Crippen molar-refractivity contribution in [2.24, 2.45) is 10.7 Å². The van der Waals surface area contributed by atoms with E-state index >= 15 is 0 Å². The quantitative estimate of drug-likeness (QED) is 0.0684. The second kappa shape index (κ2) is 14.8. The van der Waals surface area contributed by atoms with Crippen molar-refractivity contribution >= 4 is 38.5 Å². The molecule has 54 heavy (non-hydrogen) atoms. The second-order valence-corrected chi connectivity index (χ2v) is 13.8. The van der Waals surface area contributed by atoms with Crippen LogP contribution in [0, 0.1) is 0 Å². The van der Waals surface area contributed by atoms with E-state index in [1.165, 1.54) is 43.4 Å². The maximum Gasteiger partial charge on any atom is 0.127 e. The Labute approximate surface area is 316 Å². The van der Waals surface area contributed by atoms with E-state index in [1.54, 1.807) is 0 Å². The molecule has 0 radical (unpaired) electrons. The Balaban J connectivity index is 1.12. The van der Waals surface area contributed by atoms with Crippen molar-refractivity contribution in [3.63, 3.8) is 0 Å². The number of fused-ring (bicyclic) bond motifs is 4. The lowest BCUT2D eigenvalue weighted by Gasteiger charge is -2.22. The lowest BCUT2D eigenvalue weighted by Crippen LogP contribution is -2.31. The maximum atomic E-state index is 6.83. The smallest absolute Gasteiger partial charge is 0.127 e. The fraction of sp³-hybridized carbons (Fsp3) is 0.0392. The molecular weight excluding hydrogens is 655 g/mol. The lowest BCUT2D eigenvalue weighted by atomic mass is 9.89. The van der Waals surface area contributed by atoms with Crippen LogP contribution in [0.25, 0.3) is 65.7 Å². The first-order valence-electron chi connectivity index (χ1n) is 18.5. The predicted molar refractivity (Wildman–Crippen MR) is 229 cm³/mol. The van der Waals surface area contributed by atoms with Crippen molar-refractivity contribution < 1.29 is 0 Å². The lowest BCUT2D eigenvalue weighted by molar-refractivity contribution is 0.467. The molecule has 0 saturated heterocycles. The zero-order valence-corrected chi connectivity index (χ0v) is 29.8. The Morgan fingerprint density at radius 3 is 1.65 bits per heavy atom. The molecule has 9 aromatic rings. The van der Waals surface area contributed by atoms with Crippen LogP contribution in [-0.2, 0) is 0 Å².